The largest absolute Gasteiger partial charge is 0.465 e. The minimum Gasteiger partial charge on any atom is -0.465 e. The Labute approximate surface area is 95.6 Å². The number of ether oxygens (including phenoxy) is 1. The van der Waals surface area contributed by atoms with Crippen molar-refractivity contribution in [2.75, 3.05) is 6.61 Å². The fraction of sp³-hybridized carbons (Fsp3) is 0.636. The summed E-state index contributed by atoms with van der Waals surface area (Å²) in [5, 5.41) is 4.17. The fourth-order valence-electron chi connectivity index (χ4n) is 1.35. The van der Waals surface area contributed by atoms with Crippen LogP contribution in [0.2, 0.25) is 0 Å². The Balaban J connectivity index is 2.36. The molecule has 0 saturated heterocycles. The molecule has 0 aromatic carbocycles. The van der Waals surface area contributed by atoms with Gasteiger partial charge < -0.3 is 10.5 Å². The summed E-state index contributed by atoms with van der Waals surface area (Å²) in [6.07, 6.45) is 5.31. The molecule has 0 spiro atoms. The Morgan fingerprint density at radius 2 is 2.38 bits per heavy atom. The number of esters is 1. The minimum atomic E-state index is -0.561. The van der Waals surface area contributed by atoms with Crippen molar-refractivity contribution in [1.29, 1.82) is 0 Å². The lowest BCUT2D eigenvalue weighted by molar-refractivity contribution is -0.144. The van der Waals surface area contributed by atoms with E-state index in [9.17, 15) is 4.79 Å². The Hall–Kier alpha value is -1.36. The van der Waals surface area contributed by atoms with Crippen LogP contribution in [0.15, 0.2) is 12.4 Å². The van der Waals surface area contributed by atoms with E-state index in [0.29, 0.717) is 19.6 Å². The third-order valence-electron chi connectivity index (χ3n) is 2.35. The summed E-state index contributed by atoms with van der Waals surface area (Å²) < 4.78 is 6.63. The predicted molar refractivity (Wildman–Crippen MR) is 60.8 cm³/mol. The zero-order valence-corrected chi connectivity index (χ0v) is 9.85. The average molecular weight is 225 g/mol. The Morgan fingerprint density at radius 3 is 2.94 bits per heavy atom. The van der Waals surface area contributed by atoms with Crippen LogP contribution in [0.3, 0.4) is 0 Å². The molecule has 0 saturated carbocycles. The molecule has 0 bridgehead atoms. The second-order valence-electron chi connectivity index (χ2n) is 3.61. The molecule has 0 aliphatic carbocycles. The summed E-state index contributed by atoms with van der Waals surface area (Å²) in [4.78, 5) is 11.2. The Kier molecular flexibility index (Phi) is 4.98. The van der Waals surface area contributed by atoms with Gasteiger partial charge in [-0.25, -0.2) is 0 Å². The van der Waals surface area contributed by atoms with E-state index in [1.165, 1.54) is 5.56 Å². The molecule has 2 N–H and O–H groups in total. The fourth-order valence-corrected chi connectivity index (χ4v) is 1.35. The molecule has 5 heteroatoms. The Morgan fingerprint density at radius 1 is 1.62 bits per heavy atom. The lowest BCUT2D eigenvalue weighted by atomic mass is 10.2. The molecule has 1 heterocycles. The van der Waals surface area contributed by atoms with Gasteiger partial charge in [0.1, 0.15) is 6.04 Å². The smallest absolute Gasteiger partial charge is 0.322 e. The van der Waals surface area contributed by atoms with Gasteiger partial charge in [-0.2, -0.15) is 5.10 Å². The maximum Gasteiger partial charge on any atom is 0.322 e. The van der Waals surface area contributed by atoms with Crippen molar-refractivity contribution >= 4 is 5.97 Å². The molecule has 16 heavy (non-hydrogen) atoms. The van der Waals surface area contributed by atoms with Crippen molar-refractivity contribution in [3.8, 4) is 0 Å². The molecule has 0 radical (unpaired) electrons. The van der Waals surface area contributed by atoms with Crippen molar-refractivity contribution in [3.05, 3.63) is 18.0 Å². The van der Waals surface area contributed by atoms with Crippen LogP contribution in [0.5, 0.6) is 0 Å². The van der Waals surface area contributed by atoms with Gasteiger partial charge in [0, 0.05) is 12.7 Å². The quantitative estimate of drug-likeness (QED) is 0.724. The number of hydrogen-bond acceptors (Lipinski definition) is 4. The van der Waals surface area contributed by atoms with Crippen LogP contribution in [0.1, 0.15) is 25.8 Å². The predicted octanol–water partition coefficient (Wildman–Crippen LogP) is 0.726. The van der Waals surface area contributed by atoms with Crippen LogP contribution < -0.4 is 5.73 Å². The molecule has 1 aromatic rings. The molecule has 5 nitrogen and oxygen atoms in total. The number of carbonyl (C=O) groups excluding carboxylic acids is 1. The van der Waals surface area contributed by atoms with E-state index in [1.54, 1.807) is 11.6 Å². The maximum absolute atomic E-state index is 11.2. The first-order valence-corrected chi connectivity index (χ1v) is 5.60. The summed E-state index contributed by atoms with van der Waals surface area (Å²) in [7, 11) is 0. The molecule has 0 fully saturated rings. The number of hydrogen-bond donors (Lipinski definition) is 1. The van der Waals surface area contributed by atoms with Crippen molar-refractivity contribution in [2.45, 2.75) is 39.3 Å². The number of nitrogens with two attached hydrogens (primary N) is 1. The van der Waals surface area contributed by atoms with E-state index in [4.69, 9.17) is 10.5 Å². The molecule has 1 unspecified atom stereocenters. The van der Waals surface area contributed by atoms with Crippen LogP contribution in [0.4, 0.5) is 0 Å². The van der Waals surface area contributed by atoms with Crippen molar-refractivity contribution in [3.63, 3.8) is 0 Å². The molecule has 1 atom stereocenters. The lowest BCUT2D eigenvalue weighted by Crippen LogP contribution is -2.33. The van der Waals surface area contributed by atoms with Gasteiger partial charge in [0.25, 0.3) is 0 Å². The summed E-state index contributed by atoms with van der Waals surface area (Å²) in [6, 6.07) is -0.561. The minimum absolute atomic E-state index is 0.342. The summed E-state index contributed by atoms with van der Waals surface area (Å²) in [6.45, 7) is 4.85. The van der Waals surface area contributed by atoms with Gasteiger partial charge in [0.2, 0.25) is 0 Å². The van der Waals surface area contributed by atoms with Crippen molar-refractivity contribution in [1.82, 2.24) is 9.78 Å². The molecule has 0 aliphatic rings. The summed E-state index contributed by atoms with van der Waals surface area (Å²) >= 11 is 0. The highest BCUT2D eigenvalue weighted by Gasteiger charge is 2.14. The zero-order chi connectivity index (χ0) is 12.0. The third-order valence-corrected chi connectivity index (χ3v) is 2.35. The van der Waals surface area contributed by atoms with Crippen LogP contribution >= 0.6 is 0 Å². The van der Waals surface area contributed by atoms with Gasteiger partial charge in [-0.3, -0.25) is 9.48 Å². The lowest BCUT2D eigenvalue weighted by Gasteiger charge is -2.09. The maximum atomic E-state index is 11.2. The third kappa shape index (κ3) is 3.66. The monoisotopic (exact) mass is 225 g/mol. The summed E-state index contributed by atoms with van der Waals surface area (Å²) in [5.74, 6) is -0.342. The number of aryl methyl sites for hydroxylation is 2. The van der Waals surface area contributed by atoms with E-state index in [0.717, 1.165) is 6.42 Å². The van der Waals surface area contributed by atoms with Gasteiger partial charge >= 0.3 is 5.97 Å². The second kappa shape index (κ2) is 6.27. The standard InChI is InChI=1S/C11H19N3O2/c1-3-9-7-13-14(8-9)6-5-10(12)11(15)16-4-2/h7-8,10H,3-6,12H2,1-2H3. The molecular formula is C11H19N3O2. The van der Waals surface area contributed by atoms with E-state index >= 15 is 0 Å². The number of aromatic nitrogens is 2. The van der Waals surface area contributed by atoms with E-state index < -0.39 is 6.04 Å². The van der Waals surface area contributed by atoms with Crippen molar-refractivity contribution in [2.24, 2.45) is 5.73 Å². The van der Waals surface area contributed by atoms with E-state index in [-0.39, 0.29) is 5.97 Å². The van der Waals surface area contributed by atoms with Gasteiger partial charge in [0.15, 0.2) is 0 Å². The molecule has 90 valence electrons. The van der Waals surface area contributed by atoms with Gasteiger partial charge in [-0.05, 0) is 25.3 Å². The molecule has 0 amide bonds. The van der Waals surface area contributed by atoms with Crippen LogP contribution in [-0.4, -0.2) is 28.4 Å². The Bertz CT molecular complexity index is 336. The second-order valence-corrected chi connectivity index (χ2v) is 3.61. The van der Waals surface area contributed by atoms with Gasteiger partial charge in [-0.1, -0.05) is 6.92 Å². The summed E-state index contributed by atoms with van der Waals surface area (Å²) in [5.41, 5.74) is 6.86. The van der Waals surface area contributed by atoms with Crippen LogP contribution in [0, 0.1) is 0 Å². The van der Waals surface area contributed by atoms with E-state index in [1.807, 2.05) is 12.4 Å². The highest BCUT2D eigenvalue weighted by atomic mass is 16.5. The number of nitrogens with zero attached hydrogens (tertiary/aromatic N) is 2. The van der Waals surface area contributed by atoms with Crippen molar-refractivity contribution < 1.29 is 9.53 Å². The van der Waals surface area contributed by atoms with Crippen LogP contribution in [-0.2, 0) is 22.5 Å². The van der Waals surface area contributed by atoms with E-state index in [2.05, 4.69) is 12.0 Å². The molecule has 1 rings (SSSR count). The highest BCUT2D eigenvalue weighted by molar-refractivity contribution is 5.75. The molecule has 0 aliphatic heterocycles. The number of carbonyl (C=O) groups is 1. The van der Waals surface area contributed by atoms with Crippen LogP contribution in [0.25, 0.3) is 0 Å². The highest BCUT2D eigenvalue weighted by Crippen LogP contribution is 2.01. The first-order valence-electron chi connectivity index (χ1n) is 5.60. The average Bonchev–Trinajstić information content (AvgIpc) is 2.74. The molecule has 1 aromatic heterocycles. The number of rotatable bonds is 6. The first kappa shape index (κ1) is 12.7. The first-order chi connectivity index (χ1) is 7.67. The SMILES string of the molecule is CCOC(=O)C(N)CCn1cc(CC)cn1. The van der Waals surface area contributed by atoms with Gasteiger partial charge in [-0.15, -0.1) is 0 Å². The zero-order valence-electron chi connectivity index (χ0n) is 9.85. The molecular weight excluding hydrogens is 206 g/mol. The normalized spacial score (nSPS) is 12.4. The topological polar surface area (TPSA) is 70.1 Å². The van der Waals surface area contributed by atoms with Gasteiger partial charge in [0.05, 0.1) is 12.8 Å².